The molecule has 0 amide bonds. The Bertz CT molecular complexity index is 553. The monoisotopic (exact) mass is 272 g/mol. The van der Waals surface area contributed by atoms with Crippen LogP contribution in [0.4, 0.5) is 0 Å². The highest BCUT2D eigenvalue weighted by Gasteiger charge is 2.59. The van der Waals surface area contributed by atoms with Crippen molar-refractivity contribution in [2.45, 2.75) is 32.0 Å². The maximum atomic E-state index is 5.98. The molecule has 0 saturated heterocycles. The normalized spacial score (nSPS) is 20.0. The van der Waals surface area contributed by atoms with Crippen molar-refractivity contribution in [1.29, 1.82) is 0 Å². The van der Waals surface area contributed by atoms with E-state index in [9.17, 15) is 0 Å². The van der Waals surface area contributed by atoms with E-state index >= 15 is 0 Å². The Labute approximate surface area is 119 Å². The van der Waals surface area contributed by atoms with Gasteiger partial charge in [-0.3, -0.25) is 0 Å². The maximum Gasteiger partial charge on any atom is 0.179 e. The average Bonchev–Trinajstić information content (AvgIpc) is 2.97. The Morgan fingerprint density at radius 1 is 1.05 bits per heavy atom. The smallest absolute Gasteiger partial charge is 0.179 e. The SMILES string of the molecule is CCOC1(OCC)CC1c1ccc(-c2ccccc2)o1. The van der Waals surface area contributed by atoms with Crippen molar-refractivity contribution >= 4 is 0 Å². The second-order valence-corrected chi connectivity index (χ2v) is 5.00. The second kappa shape index (κ2) is 5.43. The average molecular weight is 272 g/mol. The van der Waals surface area contributed by atoms with Gasteiger partial charge in [0.25, 0.3) is 0 Å². The highest BCUT2D eigenvalue weighted by molar-refractivity contribution is 5.57. The molecule has 3 rings (SSSR count). The van der Waals surface area contributed by atoms with Crippen molar-refractivity contribution in [3.05, 3.63) is 48.2 Å². The van der Waals surface area contributed by atoms with Crippen LogP contribution in [0.2, 0.25) is 0 Å². The summed E-state index contributed by atoms with van der Waals surface area (Å²) < 4.78 is 17.5. The molecule has 2 aromatic rings. The first kappa shape index (κ1) is 13.4. The Hall–Kier alpha value is -1.58. The first-order valence-corrected chi connectivity index (χ1v) is 7.22. The summed E-state index contributed by atoms with van der Waals surface area (Å²) >= 11 is 0. The van der Waals surface area contributed by atoms with Crippen LogP contribution in [0.15, 0.2) is 46.9 Å². The molecule has 1 unspecified atom stereocenters. The van der Waals surface area contributed by atoms with Gasteiger partial charge < -0.3 is 13.9 Å². The van der Waals surface area contributed by atoms with Crippen LogP contribution >= 0.6 is 0 Å². The van der Waals surface area contributed by atoms with E-state index in [0.717, 1.165) is 23.5 Å². The molecule has 0 spiro atoms. The molecule has 0 N–H and O–H groups in total. The lowest BCUT2D eigenvalue weighted by Crippen LogP contribution is -2.21. The van der Waals surface area contributed by atoms with E-state index in [1.54, 1.807) is 0 Å². The van der Waals surface area contributed by atoms with E-state index in [1.165, 1.54) is 0 Å². The van der Waals surface area contributed by atoms with Crippen LogP contribution in [0.1, 0.15) is 31.9 Å². The molecule has 3 nitrogen and oxygen atoms in total. The highest BCUT2D eigenvalue weighted by Crippen LogP contribution is 2.55. The van der Waals surface area contributed by atoms with Gasteiger partial charge in [0.15, 0.2) is 5.79 Å². The van der Waals surface area contributed by atoms with Crippen LogP contribution in [0.3, 0.4) is 0 Å². The third-order valence-electron chi connectivity index (χ3n) is 3.67. The van der Waals surface area contributed by atoms with Crippen LogP contribution < -0.4 is 0 Å². The van der Waals surface area contributed by atoms with Gasteiger partial charge in [-0.05, 0) is 26.0 Å². The highest BCUT2D eigenvalue weighted by atomic mass is 16.7. The molecule has 1 atom stereocenters. The van der Waals surface area contributed by atoms with Crippen molar-refractivity contribution < 1.29 is 13.9 Å². The van der Waals surface area contributed by atoms with Crippen molar-refractivity contribution in [2.75, 3.05) is 13.2 Å². The molecule has 106 valence electrons. The van der Waals surface area contributed by atoms with E-state index in [-0.39, 0.29) is 5.92 Å². The molecule has 0 radical (unpaired) electrons. The van der Waals surface area contributed by atoms with Crippen molar-refractivity contribution in [3.63, 3.8) is 0 Å². The Morgan fingerprint density at radius 2 is 1.75 bits per heavy atom. The zero-order valence-electron chi connectivity index (χ0n) is 12.0. The summed E-state index contributed by atoms with van der Waals surface area (Å²) in [5, 5.41) is 0. The first-order valence-electron chi connectivity index (χ1n) is 7.22. The van der Waals surface area contributed by atoms with E-state index in [0.29, 0.717) is 13.2 Å². The Kier molecular flexibility index (Phi) is 3.64. The summed E-state index contributed by atoms with van der Waals surface area (Å²) in [5.74, 6) is 1.59. The van der Waals surface area contributed by atoms with E-state index in [2.05, 4.69) is 0 Å². The maximum absolute atomic E-state index is 5.98. The van der Waals surface area contributed by atoms with Gasteiger partial charge in [0.2, 0.25) is 0 Å². The summed E-state index contributed by atoms with van der Waals surface area (Å²) in [6.07, 6.45) is 0.871. The zero-order chi connectivity index (χ0) is 14.0. The standard InChI is InChI=1S/C17H20O3/c1-3-18-17(19-4-2)12-14(17)16-11-10-15(20-16)13-8-6-5-7-9-13/h5-11,14H,3-4,12H2,1-2H3. The fourth-order valence-electron chi connectivity index (χ4n) is 2.69. The van der Waals surface area contributed by atoms with Gasteiger partial charge >= 0.3 is 0 Å². The van der Waals surface area contributed by atoms with Gasteiger partial charge in [-0.25, -0.2) is 0 Å². The van der Waals surface area contributed by atoms with Crippen LogP contribution in [0, 0.1) is 0 Å². The van der Waals surface area contributed by atoms with Gasteiger partial charge in [0.1, 0.15) is 11.5 Å². The predicted molar refractivity (Wildman–Crippen MR) is 77.5 cm³/mol. The van der Waals surface area contributed by atoms with Crippen LogP contribution in [-0.2, 0) is 9.47 Å². The largest absolute Gasteiger partial charge is 0.461 e. The minimum atomic E-state index is -0.463. The lowest BCUT2D eigenvalue weighted by molar-refractivity contribution is -0.165. The fraction of sp³-hybridized carbons (Fsp3) is 0.412. The van der Waals surface area contributed by atoms with Crippen molar-refractivity contribution in [1.82, 2.24) is 0 Å². The minimum Gasteiger partial charge on any atom is -0.461 e. The van der Waals surface area contributed by atoms with Gasteiger partial charge in [-0.2, -0.15) is 0 Å². The van der Waals surface area contributed by atoms with Gasteiger partial charge in [-0.15, -0.1) is 0 Å². The topological polar surface area (TPSA) is 31.6 Å². The van der Waals surface area contributed by atoms with Crippen LogP contribution in [0.25, 0.3) is 11.3 Å². The molecule has 20 heavy (non-hydrogen) atoms. The lowest BCUT2D eigenvalue weighted by atomic mass is 10.2. The van der Waals surface area contributed by atoms with Crippen LogP contribution in [-0.4, -0.2) is 19.0 Å². The molecule has 1 aromatic heterocycles. The number of furan rings is 1. The summed E-state index contributed by atoms with van der Waals surface area (Å²) in [6.45, 7) is 5.30. The summed E-state index contributed by atoms with van der Waals surface area (Å²) in [6, 6.07) is 14.2. The third-order valence-corrected chi connectivity index (χ3v) is 3.67. The summed E-state index contributed by atoms with van der Waals surface area (Å²) in [7, 11) is 0. The predicted octanol–water partition coefficient (Wildman–Crippen LogP) is 4.20. The molecule has 1 heterocycles. The van der Waals surface area contributed by atoms with E-state index in [4.69, 9.17) is 13.9 Å². The lowest BCUT2D eigenvalue weighted by Gasteiger charge is -2.16. The molecule has 1 aromatic carbocycles. The molecule has 0 bridgehead atoms. The number of hydrogen-bond donors (Lipinski definition) is 0. The molecule has 1 fully saturated rings. The summed E-state index contributed by atoms with van der Waals surface area (Å²) in [5.41, 5.74) is 1.10. The first-order chi connectivity index (χ1) is 9.79. The minimum absolute atomic E-state index is 0.208. The van der Waals surface area contributed by atoms with Gasteiger partial charge in [0.05, 0.1) is 5.92 Å². The molecule has 0 aliphatic heterocycles. The molecular weight excluding hydrogens is 252 g/mol. The Balaban J connectivity index is 1.78. The zero-order valence-corrected chi connectivity index (χ0v) is 12.0. The molecule has 1 aliphatic rings. The van der Waals surface area contributed by atoms with Gasteiger partial charge in [0, 0.05) is 25.2 Å². The summed E-state index contributed by atoms with van der Waals surface area (Å²) in [4.78, 5) is 0. The van der Waals surface area contributed by atoms with Gasteiger partial charge in [-0.1, -0.05) is 30.3 Å². The quantitative estimate of drug-likeness (QED) is 0.738. The molecular formula is C17H20O3. The van der Waals surface area contributed by atoms with Crippen LogP contribution in [0.5, 0.6) is 0 Å². The Morgan fingerprint density at radius 3 is 2.40 bits per heavy atom. The number of hydrogen-bond acceptors (Lipinski definition) is 3. The molecule has 3 heteroatoms. The van der Waals surface area contributed by atoms with Crippen molar-refractivity contribution in [3.8, 4) is 11.3 Å². The number of benzene rings is 1. The number of ether oxygens (including phenoxy) is 2. The van der Waals surface area contributed by atoms with E-state index in [1.807, 2.05) is 56.3 Å². The fourth-order valence-corrected chi connectivity index (χ4v) is 2.69. The van der Waals surface area contributed by atoms with E-state index < -0.39 is 5.79 Å². The third kappa shape index (κ3) is 2.39. The number of rotatable bonds is 6. The molecule has 1 aliphatic carbocycles. The molecule has 1 saturated carbocycles. The van der Waals surface area contributed by atoms with Crippen molar-refractivity contribution in [2.24, 2.45) is 0 Å². The second-order valence-electron chi connectivity index (χ2n) is 5.00.